The van der Waals surface area contributed by atoms with Crippen LogP contribution in [-0.4, -0.2) is 26.5 Å². The van der Waals surface area contributed by atoms with Gasteiger partial charge in [-0.1, -0.05) is 140 Å². The van der Waals surface area contributed by atoms with E-state index in [-0.39, 0.29) is 5.56 Å². The summed E-state index contributed by atoms with van der Waals surface area (Å²) in [6.07, 6.45) is 21.6. The van der Waals surface area contributed by atoms with Crippen LogP contribution in [0.5, 0.6) is 0 Å². The molecule has 2 aromatic heterocycles. The highest BCUT2D eigenvalue weighted by Gasteiger charge is 2.20. The van der Waals surface area contributed by atoms with Crippen LogP contribution >= 0.6 is 11.8 Å². The summed E-state index contributed by atoms with van der Waals surface area (Å²) in [6.45, 7) is 3.07. The molecule has 2 aromatic carbocycles. The molecular weight excluding hydrogens is 554 g/mol. The number of nitrogens with zero attached hydrogens (tertiary/aromatic N) is 3. The molecule has 0 atom stereocenters. The van der Waals surface area contributed by atoms with E-state index in [1.165, 1.54) is 108 Å². The Morgan fingerprint density at radius 1 is 0.721 bits per heavy atom. The number of hydrogen-bond donors (Lipinski definition) is 2. The molecule has 0 amide bonds. The Hall–Kier alpha value is -3.26. The van der Waals surface area contributed by atoms with Crippen LogP contribution in [0.25, 0.3) is 17.1 Å². The lowest BCUT2D eigenvalue weighted by Crippen LogP contribution is -2.15. The number of anilines is 1. The SMILES string of the molecule is CCCCCCCCCCCCCCCCCCNc1[nH]n(-c2ccccc2)c(=O)c1Sc1nnc(-c2ccccc2)o1. The van der Waals surface area contributed by atoms with E-state index in [0.717, 1.165) is 24.2 Å². The molecule has 0 radical (unpaired) electrons. The second-order valence-corrected chi connectivity index (χ2v) is 12.3. The van der Waals surface area contributed by atoms with Gasteiger partial charge in [-0.3, -0.25) is 9.89 Å². The van der Waals surface area contributed by atoms with E-state index < -0.39 is 0 Å². The maximum absolute atomic E-state index is 13.4. The van der Waals surface area contributed by atoms with E-state index in [0.29, 0.717) is 21.8 Å². The lowest BCUT2D eigenvalue weighted by molar-refractivity contribution is 0.466. The Kier molecular flexibility index (Phi) is 14.5. The number of rotatable bonds is 22. The molecule has 4 rings (SSSR count). The van der Waals surface area contributed by atoms with Crippen molar-refractivity contribution < 1.29 is 4.42 Å². The van der Waals surface area contributed by atoms with E-state index in [1.54, 1.807) is 4.68 Å². The van der Waals surface area contributed by atoms with Crippen molar-refractivity contribution >= 4 is 17.6 Å². The summed E-state index contributed by atoms with van der Waals surface area (Å²) in [6, 6.07) is 19.2. The zero-order valence-corrected chi connectivity index (χ0v) is 26.7. The van der Waals surface area contributed by atoms with Crippen LogP contribution in [0, 0.1) is 0 Å². The first-order valence-electron chi connectivity index (χ1n) is 16.5. The Bertz CT molecular complexity index is 1350. The molecule has 7 nitrogen and oxygen atoms in total. The maximum atomic E-state index is 13.4. The van der Waals surface area contributed by atoms with Gasteiger partial charge >= 0.3 is 0 Å². The molecule has 0 spiro atoms. The summed E-state index contributed by atoms with van der Waals surface area (Å²) in [4.78, 5) is 14.0. The highest BCUT2D eigenvalue weighted by Crippen LogP contribution is 2.31. The highest BCUT2D eigenvalue weighted by molar-refractivity contribution is 7.99. The van der Waals surface area contributed by atoms with Gasteiger partial charge in [0.05, 0.1) is 5.69 Å². The Labute approximate surface area is 261 Å². The van der Waals surface area contributed by atoms with Crippen LogP contribution in [0.4, 0.5) is 5.82 Å². The number of H-pyrrole nitrogens is 1. The largest absolute Gasteiger partial charge is 0.411 e. The number of unbranched alkanes of at least 4 members (excludes halogenated alkanes) is 15. The number of hydrogen-bond acceptors (Lipinski definition) is 6. The van der Waals surface area contributed by atoms with Crippen molar-refractivity contribution in [2.75, 3.05) is 11.9 Å². The first-order valence-corrected chi connectivity index (χ1v) is 17.3. The number of aromatic nitrogens is 4. The molecule has 8 heteroatoms. The van der Waals surface area contributed by atoms with Crippen LogP contribution in [0.15, 0.2) is 80.0 Å². The molecule has 4 aromatic rings. The van der Waals surface area contributed by atoms with Crippen molar-refractivity contribution in [3.63, 3.8) is 0 Å². The molecule has 0 saturated heterocycles. The molecule has 0 aliphatic carbocycles. The minimum atomic E-state index is -0.148. The number of para-hydroxylation sites is 1. The number of aromatic amines is 1. The molecule has 0 fully saturated rings. The van der Waals surface area contributed by atoms with E-state index in [2.05, 4.69) is 27.5 Å². The molecule has 0 aliphatic heterocycles. The third kappa shape index (κ3) is 11.1. The van der Waals surface area contributed by atoms with Gasteiger partial charge in [-0.2, -0.15) is 0 Å². The molecule has 0 bridgehead atoms. The summed E-state index contributed by atoms with van der Waals surface area (Å²) in [7, 11) is 0. The topological polar surface area (TPSA) is 88.7 Å². The van der Waals surface area contributed by atoms with E-state index in [1.807, 2.05) is 60.7 Å². The van der Waals surface area contributed by atoms with Crippen LogP contribution in [0.3, 0.4) is 0 Å². The maximum Gasteiger partial charge on any atom is 0.287 e. The molecule has 0 aliphatic rings. The fourth-order valence-electron chi connectivity index (χ4n) is 5.32. The Morgan fingerprint density at radius 2 is 1.26 bits per heavy atom. The summed E-state index contributed by atoms with van der Waals surface area (Å²) >= 11 is 1.19. The average molecular weight is 604 g/mol. The molecule has 0 saturated carbocycles. The highest BCUT2D eigenvalue weighted by atomic mass is 32.2. The molecule has 2 N–H and O–H groups in total. The lowest BCUT2D eigenvalue weighted by atomic mass is 10.0. The van der Waals surface area contributed by atoms with E-state index in [4.69, 9.17) is 4.42 Å². The molecular formula is C35H49N5O2S. The fourth-order valence-corrected chi connectivity index (χ4v) is 6.09. The summed E-state index contributed by atoms with van der Waals surface area (Å²) in [5, 5.41) is 15.4. The molecule has 2 heterocycles. The number of nitrogens with one attached hydrogen (secondary N) is 2. The van der Waals surface area contributed by atoms with Gasteiger partial charge in [0.1, 0.15) is 10.7 Å². The summed E-state index contributed by atoms with van der Waals surface area (Å²) in [5.41, 5.74) is 1.48. The first kappa shape index (κ1) is 32.6. The zero-order chi connectivity index (χ0) is 30.0. The van der Waals surface area contributed by atoms with Gasteiger partial charge in [0.25, 0.3) is 10.8 Å². The smallest absolute Gasteiger partial charge is 0.287 e. The van der Waals surface area contributed by atoms with E-state index in [9.17, 15) is 4.79 Å². The van der Waals surface area contributed by atoms with Crippen LogP contribution in [0.1, 0.15) is 110 Å². The molecule has 0 unspecified atom stereocenters. The van der Waals surface area contributed by atoms with Gasteiger partial charge in [0.2, 0.25) is 5.89 Å². The van der Waals surface area contributed by atoms with Crippen molar-refractivity contribution in [2.24, 2.45) is 0 Å². The van der Waals surface area contributed by atoms with Gasteiger partial charge in [-0.05, 0) is 42.4 Å². The van der Waals surface area contributed by atoms with Crippen LogP contribution in [0.2, 0.25) is 0 Å². The predicted molar refractivity (Wildman–Crippen MR) is 178 cm³/mol. The van der Waals surface area contributed by atoms with Crippen molar-refractivity contribution in [1.82, 2.24) is 20.0 Å². The second kappa shape index (κ2) is 19.1. The van der Waals surface area contributed by atoms with Gasteiger partial charge in [-0.25, -0.2) is 4.68 Å². The van der Waals surface area contributed by atoms with E-state index >= 15 is 0 Å². The average Bonchev–Trinajstić information content (AvgIpc) is 3.64. The minimum absolute atomic E-state index is 0.148. The Morgan fingerprint density at radius 3 is 1.84 bits per heavy atom. The van der Waals surface area contributed by atoms with Gasteiger partial charge < -0.3 is 9.73 Å². The molecule has 43 heavy (non-hydrogen) atoms. The lowest BCUT2D eigenvalue weighted by Gasteiger charge is -2.06. The fraction of sp³-hybridized carbons (Fsp3) is 0.514. The van der Waals surface area contributed by atoms with Crippen molar-refractivity contribution in [3.05, 3.63) is 71.0 Å². The van der Waals surface area contributed by atoms with Crippen LogP contribution in [-0.2, 0) is 0 Å². The normalized spacial score (nSPS) is 11.3. The minimum Gasteiger partial charge on any atom is -0.411 e. The second-order valence-electron chi connectivity index (χ2n) is 11.4. The zero-order valence-electron chi connectivity index (χ0n) is 25.9. The van der Waals surface area contributed by atoms with Crippen molar-refractivity contribution in [3.8, 4) is 17.1 Å². The number of benzene rings is 2. The quantitative estimate of drug-likeness (QED) is 0.0869. The molecule has 232 valence electrons. The first-order chi connectivity index (χ1) is 21.3. The van der Waals surface area contributed by atoms with Crippen molar-refractivity contribution in [2.45, 2.75) is 120 Å². The van der Waals surface area contributed by atoms with Crippen molar-refractivity contribution in [1.29, 1.82) is 0 Å². The standard InChI is InChI=1S/C35H49N5O2S/c1-2-3-4-5-6-7-8-9-10-11-12-13-14-15-16-23-28-36-32-31(34(41)40(39-32)30-26-21-18-22-27-30)43-35-38-37-33(42-35)29-24-19-17-20-25-29/h17-22,24-27,36,39H,2-16,23,28H2,1H3. The predicted octanol–water partition coefficient (Wildman–Crippen LogP) is 10.0. The van der Waals surface area contributed by atoms with Gasteiger partial charge in [0, 0.05) is 12.1 Å². The Balaban J connectivity index is 1.18. The third-order valence-electron chi connectivity index (χ3n) is 7.81. The van der Waals surface area contributed by atoms with Gasteiger partial charge in [0.15, 0.2) is 0 Å². The third-order valence-corrected chi connectivity index (χ3v) is 8.73. The van der Waals surface area contributed by atoms with Gasteiger partial charge in [-0.15, -0.1) is 10.2 Å². The summed E-state index contributed by atoms with van der Waals surface area (Å²) < 4.78 is 7.45. The van der Waals surface area contributed by atoms with Crippen LogP contribution < -0.4 is 10.9 Å². The summed E-state index contributed by atoms with van der Waals surface area (Å²) in [5.74, 6) is 1.11. The monoisotopic (exact) mass is 603 g/mol.